The number of H-pyrrole nitrogens is 1. The minimum Gasteiger partial charge on any atom is -0.319 e. The quantitative estimate of drug-likeness (QED) is 0.566. The Bertz CT molecular complexity index is 1300. The maximum atomic E-state index is 12.9. The Balaban J connectivity index is 1.67. The van der Waals surface area contributed by atoms with Crippen LogP contribution in [0.1, 0.15) is 65.6 Å². The van der Waals surface area contributed by atoms with Crippen molar-refractivity contribution in [1.82, 2.24) is 24.1 Å². The summed E-state index contributed by atoms with van der Waals surface area (Å²) in [5.41, 5.74) is 3.91. The Morgan fingerprint density at radius 3 is 2.62 bits per heavy atom. The van der Waals surface area contributed by atoms with Gasteiger partial charge in [0, 0.05) is 17.2 Å². The van der Waals surface area contributed by atoms with E-state index in [0.29, 0.717) is 22.5 Å². The number of aromatic nitrogens is 5. The lowest BCUT2D eigenvalue weighted by Gasteiger charge is -2.21. The molecule has 0 amide bonds. The van der Waals surface area contributed by atoms with Crippen molar-refractivity contribution in [2.75, 3.05) is 0 Å². The van der Waals surface area contributed by atoms with Gasteiger partial charge in [0.15, 0.2) is 0 Å². The van der Waals surface area contributed by atoms with E-state index in [1.54, 1.807) is 18.3 Å². The topological polar surface area (TPSA) is 85.0 Å². The van der Waals surface area contributed by atoms with E-state index in [-0.39, 0.29) is 11.5 Å². The van der Waals surface area contributed by atoms with E-state index in [9.17, 15) is 9.59 Å². The van der Waals surface area contributed by atoms with Gasteiger partial charge in [0.05, 0.1) is 22.9 Å². The number of carbonyl (C=O) groups is 1. The predicted octanol–water partition coefficient (Wildman–Crippen LogP) is 3.73. The fourth-order valence-corrected chi connectivity index (χ4v) is 4.54. The minimum atomic E-state index is -0.211. The highest BCUT2D eigenvalue weighted by atomic mass is 16.2. The second-order valence-corrected chi connectivity index (χ2v) is 8.00. The number of carbonyl (C=O) groups excluding carboxylic acids is 1. The van der Waals surface area contributed by atoms with Gasteiger partial charge in [-0.2, -0.15) is 5.10 Å². The molecular weight excluding hydrogens is 366 g/mol. The van der Waals surface area contributed by atoms with Gasteiger partial charge in [0.2, 0.25) is 0 Å². The number of nitrogens with zero attached hydrogens (tertiary/aromatic N) is 4. The molecule has 148 valence electrons. The monoisotopic (exact) mass is 389 g/mol. The molecule has 0 spiro atoms. The number of nitrogens with one attached hydrogen (secondary N) is 1. The Morgan fingerprint density at radius 1 is 1.10 bits per heavy atom. The van der Waals surface area contributed by atoms with Gasteiger partial charge in [-0.05, 0) is 51.0 Å². The molecule has 1 aliphatic carbocycles. The second kappa shape index (κ2) is 6.69. The number of benzene rings is 1. The lowest BCUT2D eigenvalue weighted by atomic mass is 9.89. The minimum absolute atomic E-state index is 0.192. The number of hydrogen-bond donors (Lipinski definition) is 1. The van der Waals surface area contributed by atoms with Crippen LogP contribution in [0, 0.1) is 13.8 Å². The second-order valence-electron chi connectivity index (χ2n) is 8.00. The smallest absolute Gasteiger partial charge is 0.278 e. The zero-order chi connectivity index (χ0) is 20.1. The highest BCUT2D eigenvalue weighted by molar-refractivity contribution is 5.98. The zero-order valence-electron chi connectivity index (χ0n) is 16.6. The molecule has 1 fully saturated rings. The molecule has 0 bridgehead atoms. The van der Waals surface area contributed by atoms with Crippen LogP contribution in [-0.4, -0.2) is 30.1 Å². The van der Waals surface area contributed by atoms with Crippen molar-refractivity contribution >= 4 is 22.5 Å². The summed E-state index contributed by atoms with van der Waals surface area (Å²) in [5.74, 6) is 1.11. The van der Waals surface area contributed by atoms with Gasteiger partial charge >= 0.3 is 0 Å². The van der Waals surface area contributed by atoms with E-state index in [0.717, 1.165) is 35.6 Å². The highest BCUT2D eigenvalue weighted by Crippen LogP contribution is 2.33. The van der Waals surface area contributed by atoms with Crippen LogP contribution in [0.25, 0.3) is 16.6 Å². The van der Waals surface area contributed by atoms with Crippen molar-refractivity contribution in [2.24, 2.45) is 0 Å². The van der Waals surface area contributed by atoms with Gasteiger partial charge in [-0.15, -0.1) is 0 Å². The number of aromatic amines is 1. The van der Waals surface area contributed by atoms with Crippen LogP contribution in [0.2, 0.25) is 0 Å². The van der Waals surface area contributed by atoms with Crippen LogP contribution in [0.3, 0.4) is 0 Å². The summed E-state index contributed by atoms with van der Waals surface area (Å²) < 4.78 is 3.37. The molecule has 0 saturated heterocycles. The fraction of sp³-hybridized carbons (Fsp3) is 0.364. The lowest BCUT2D eigenvalue weighted by Crippen LogP contribution is -2.17. The van der Waals surface area contributed by atoms with Crippen molar-refractivity contribution in [1.29, 1.82) is 0 Å². The summed E-state index contributed by atoms with van der Waals surface area (Å²) in [5, 5.41) is 4.28. The summed E-state index contributed by atoms with van der Waals surface area (Å²) in [6.07, 6.45) is 7.52. The van der Waals surface area contributed by atoms with Crippen LogP contribution < -0.4 is 5.56 Å². The average molecular weight is 389 g/mol. The number of aryl methyl sites for hydroxylation is 2. The van der Waals surface area contributed by atoms with Gasteiger partial charge in [-0.1, -0.05) is 19.3 Å². The highest BCUT2D eigenvalue weighted by Gasteiger charge is 2.22. The van der Waals surface area contributed by atoms with E-state index < -0.39 is 0 Å². The molecule has 7 heteroatoms. The number of hydrogen-bond acceptors (Lipinski definition) is 4. The Labute approximate surface area is 167 Å². The first-order chi connectivity index (χ1) is 14.0. The van der Waals surface area contributed by atoms with Crippen molar-refractivity contribution in [3.8, 4) is 0 Å². The molecule has 5 rings (SSSR count). The van der Waals surface area contributed by atoms with E-state index >= 15 is 0 Å². The van der Waals surface area contributed by atoms with Crippen LogP contribution in [-0.2, 0) is 0 Å². The SMILES string of the molecule is Cc1cc(C)n(C(=O)c2ccc3c(c2)[nH]c(=O)c2cnc(C4CCCCC4)n23)n1. The summed E-state index contributed by atoms with van der Waals surface area (Å²) in [7, 11) is 0. The van der Waals surface area contributed by atoms with Crippen LogP contribution in [0.15, 0.2) is 35.3 Å². The van der Waals surface area contributed by atoms with Crippen LogP contribution in [0.4, 0.5) is 0 Å². The molecular formula is C22H23N5O2. The van der Waals surface area contributed by atoms with Gasteiger partial charge in [0.25, 0.3) is 11.5 Å². The summed E-state index contributed by atoms with van der Waals surface area (Å²) >= 11 is 0. The lowest BCUT2D eigenvalue weighted by molar-refractivity contribution is 0.0942. The Hall–Kier alpha value is -3.22. The molecule has 7 nitrogen and oxygen atoms in total. The summed E-state index contributed by atoms with van der Waals surface area (Å²) in [4.78, 5) is 33.1. The molecule has 29 heavy (non-hydrogen) atoms. The van der Waals surface area contributed by atoms with Crippen molar-refractivity contribution < 1.29 is 4.79 Å². The third-order valence-corrected chi connectivity index (χ3v) is 5.93. The van der Waals surface area contributed by atoms with Crippen LogP contribution >= 0.6 is 0 Å². The fourth-order valence-electron chi connectivity index (χ4n) is 4.54. The largest absolute Gasteiger partial charge is 0.319 e. The maximum Gasteiger partial charge on any atom is 0.278 e. The third-order valence-electron chi connectivity index (χ3n) is 5.93. The first-order valence-electron chi connectivity index (χ1n) is 10.1. The molecule has 1 saturated carbocycles. The zero-order valence-corrected chi connectivity index (χ0v) is 16.6. The maximum absolute atomic E-state index is 12.9. The molecule has 1 aliphatic rings. The van der Waals surface area contributed by atoms with Crippen molar-refractivity contribution in [3.63, 3.8) is 0 Å². The van der Waals surface area contributed by atoms with E-state index in [1.165, 1.54) is 23.9 Å². The molecule has 1 N–H and O–H groups in total. The number of imidazole rings is 1. The summed E-state index contributed by atoms with van der Waals surface area (Å²) in [6, 6.07) is 7.29. The standard InChI is InChI=1S/C22H23N5O2/c1-13-10-14(2)27(25-13)22(29)16-8-9-18-17(11-16)24-21(28)19-12-23-20(26(18)19)15-6-4-3-5-7-15/h8-12,15H,3-7H2,1-2H3,(H,24,28). The molecule has 0 aliphatic heterocycles. The van der Waals surface area contributed by atoms with Crippen LogP contribution in [0.5, 0.6) is 0 Å². The van der Waals surface area contributed by atoms with Gasteiger partial charge < -0.3 is 4.98 Å². The summed E-state index contributed by atoms with van der Waals surface area (Å²) in [6.45, 7) is 3.71. The predicted molar refractivity (Wildman–Crippen MR) is 111 cm³/mol. The average Bonchev–Trinajstić information content (AvgIpc) is 3.31. The molecule has 4 aromatic rings. The molecule has 3 aromatic heterocycles. The Morgan fingerprint density at radius 2 is 1.90 bits per heavy atom. The molecule has 0 radical (unpaired) electrons. The molecule has 0 unspecified atom stereocenters. The normalized spacial score (nSPS) is 15.4. The van der Waals surface area contributed by atoms with E-state index in [4.69, 9.17) is 0 Å². The first kappa shape index (κ1) is 17.8. The molecule has 3 heterocycles. The van der Waals surface area contributed by atoms with Crippen molar-refractivity contribution in [2.45, 2.75) is 51.9 Å². The van der Waals surface area contributed by atoms with Gasteiger partial charge in [-0.25, -0.2) is 9.67 Å². The number of fused-ring (bicyclic) bond motifs is 3. The molecule has 0 atom stereocenters. The third kappa shape index (κ3) is 2.88. The molecule has 1 aromatic carbocycles. The van der Waals surface area contributed by atoms with Crippen molar-refractivity contribution in [3.05, 3.63) is 63.6 Å². The van der Waals surface area contributed by atoms with E-state index in [2.05, 4.69) is 15.1 Å². The number of rotatable bonds is 2. The first-order valence-corrected chi connectivity index (χ1v) is 10.1. The van der Waals surface area contributed by atoms with Gasteiger partial charge in [0.1, 0.15) is 11.3 Å². The van der Waals surface area contributed by atoms with E-state index in [1.807, 2.05) is 30.4 Å². The van der Waals surface area contributed by atoms with Gasteiger partial charge in [-0.3, -0.25) is 14.0 Å². The Kier molecular flexibility index (Phi) is 4.12.